The normalized spacial score (nSPS) is 15.6. The van der Waals surface area contributed by atoms with Gasteiger partial charge in [0, 0.05) is 29.7 Å². The van der Waals surface area contributed by atoms with Crippen molar-refractivity contribution in [1.82, 2.24) is 15.0 Å². The van der Waals surface area contributed by atoms with Gasteiger partial charge in [0.05, 0.1) is 32.1 Å². The lowest BCUT2D eigenvalue weighted by atomic mass is 10.2. The summed E-state index contributed by atoms with van der Waals surface area (Å²) in [7, 11) is 1.52. The molecule has 198 valence electrons. The van der Waals surface area contributed by atoms with E-state index in [1.807, 2.05) is 12.1 Å². The first-order chi connectivity index (χ1) is 18.6. The summed E-state index contributed by atoms with van der Waals surface area (Å²) in [6.07, 6.45) is 3.87. The second-order valence-corrected chi connectivity index (χ2v) is 9.86. The van der Waals surface area contributed by atoms with Crippen LogP contribution in [0.1, 0.15) is 28.8 Å². The molecule has 0 saturated carbocycles. The number of hydrazone groups is 1. The van der Waals surface area contributed by atoms with Crippen LogP contribution in [0.25, 0.3) is 0 Å². The molecule has 3 heterocycles. The van der Waals surface area contributed by atoms with Gasteiger partial charge in [-0.15, -0.1) is 0 Å². The van der Waals surface area contributed by atoms with Crippen LogP contribution < -0.4 is 24.7 Å². The molecule has 0 atom stereocenters. The van der Waals surface area contributed by atoms with Gasteiger partial charge >= 0.3 is 5.97 Å². The molecule has 38 heavy (non-hydrogen) atoms. The fourth-order valence-corrected chi connectivity index (χ4v) is 4.77. The SMILES string of the molecule is COc1cc(C=NNc2nc(N3CCCC3)nc(N3CCOCC3)n2)ccc1OC(=O)c1ccccc1I. The number of carbonyl (C=O) groups is 1. The standard InChI is InChI=1S/C26H28IN7O4/c1-36-22-16-18(8-9-21(22)38-23(35)19-6-2-3-7-20(19)27)17-28-32-24-29-25(33-10-4-5-11-33)31-26(30-24)34-12-14-37-15-13-34/h2-3,6-9,16-17H,4-5,10-15H2,1H3,(H,29,30,31,32). The molecule has 0 unspecified atom stereocenters. The smallest absolute Gasteiger partial charge is 0.344 e. The van der Waals surface area contributed by atoms with Crippen LogP contribution in [0.3, 0.4) is 0 Å². The average Bonchev–Trinajstić information content (AvgIpc) is 3.50. The maximum absolute atomic E-state index is 12.6. The van der Waals surface area contributed by atoms with Crippen molar-refractivity contribution < 1.29 is 19.0 Å². The van der Waals surface area contributed by atoms with Gasteiger partial charge in [-0.05, 0) is 71.3 Å². The van der Waals surface area contributed by atoms with Crippen molar-refractivity contribution in [1.29, 1.82) is 0 Å². The van der Waals surface area contributed by atoms with E-state index in [4.69, 9.17) is 19.2 Å². The number of anilines is 3. The van der Waals surface area contributed by atoms with Gasteiger partial charge in [-0.1, -0.05) is 12.1 Å². The minimum absolute atomic E-state index is 0.324. The fourth-order valence-electron chi connectivity index (χ4n) is 4.16. The van der Waals surface area contributed by atoms with Crippen molar-refractivity contribution in [2.24, 2.45) is 5.10 Å². The molecule has 12 heteroatoms. The molecule has 1 aromatic heterocycles. The van der Waals surface area contributed by atoms with E-state index in [1.54, 1.807) is 36.5 Å². The number of hydrogen-bond acceptors (Lipinski definition) is 11. The molecule has 0 amide bonds. The highest BCUT2D eigenvalue weighted by molar-refractivity contribution is 14.1. The Bertz CT molecular complexity index is 1310. The van der Waals surface area contributed by atoms with Gasteiger partial charge in [0.25, 0.3) is 0 Å². The number of aromatic nitrogens is 3. The van der Waals surface area contributed by atoms with Gasteiger partial charge in [0.1, 0.15) is 0 Å². The van der Waals surface area contributed by atoms with Crippen molar-refractivity contribution in [3.8, 4) is 11.5 Å². The number of benzene rings is 2. The highest BCUT2D eigenvalue weighted by Crippen LogP contribution is 2.29. The van der Waals surface area contributed by atoms with Crippen LogP contribution in [0.4, 0.5) is 17.8 Å². The first-order valence-electron chi connectivity index (χ1n) is 12.4. The lowest BCUT2D eigenvalue weighted by Gasteiger charge is -2.27. The van der Waals surface area contributed by atoms with Gasteiger partial charge in [0.2, 0.25) is 17.8 Å². The number of rotatable bonds is 8. The summed E-state index contributed by atoms with van der Waals surface area (Å²) in [6.45, 7) is 4.59. The first kappa shape index (κ1) is 26.1. The van der Waals surface area contributed by atoms with Crippen molar-refractivity contribution in [2.45, 2.75) is 12.8 Å². The number of halogens is 1. The molecule has 2 aromatic carbocycles. The van der Waals surface area contributed by atoms with Crippen LogP contribution in [0, 0.1) is 3.57 Å². The van der Waals surface area contributed by atoms with Gasteiger partial charge in [-0.25, -0.2) is 10.2 Å². The maximum atomic E-state index is 12.6. The van der Waals surface area contributed by atoms with E-state index in [2.05, 4.69) is 52.9 Å². The van der Waals surface area contributed by atoms with E-state index in [-0.39, 0.29) is 0 Å². The Labute approximate surface area is 234 Å². The minimum atomic E-state index is -0.448. The van der Waals surface area contributed by atoms with Crippen molar-refractivity contribution in [2.75, 3.05) is 61.7 Å². The summed E-state index contributed by atoms with van der Waals surface area (Å²) in [5.41, 5.74) is 4.18. The predicted molar refractivity (Wildman–Crippen MR) is 153 cm³/mol. The van der Waals surface area contributed by atoms with E-state index in [9.17, 15) is 4.79 Å². The third-order valence-electron chi connectivity index (χ3n) is 6.16. The molecule has 3 aromatic rings. The Balaban J connectivity index is 1.30. The molecule has 2 aliphatic rings. The zero-order chi connectivity index (χ0) is 26.3. The third-order valence-corrected chi connectivity index (χ3v) is 7.10. The van der Waals surface area contributed by atoms with E-state index in [0.717, 1.165) is 48.2 Å². The minimum Gasteiger partial charge on any atom is -0.493 e. The maximum Gasteiger partial charge on any atom is 0.344 e. The fraction of sp³-hybridized carbons (Fsp3) is 0.346. The zero-order valence-corrected chi connectivity index (χ0v) is 23.1. The Hall–Kier alpha value is -3.52. The van der Waals surface area contributed by atoms with E-state index >= 15 is 0 Å². The molecule has 0 bridgehead atoms. The van der Waals surface area contributed by atoms with Crippen molar-refractivity contribution in [3.05, 3.63) is 57.2 Å². The van der Waals surface area contributed by atoms with E-state index in [1.165, 1.54) is 7.11 Å². The van der Waals surface area contributed by atoms with Gasteiger partial charge in [-0.2, -0.15) is 20.1 Å². The molecular formula is C26H28IN7O4. The number of esters is 1. The Kier molecular flexibility index (Phi) is 8.48. The Morgan fingerprint density at radius 3 is 2.42 bits per heavy atom. The highest BCUT2D eigenvalue weighted by Gasteiger charge is 2.21. The van der Waals surface area contributed by atoms with Crippen LogP contribution >= 0.6 is 22.6 Å². The highest BCUT2D eigenvalue weighted by atomic mass is 127. The Morgan fingerprint density at radius 1 is 1.00 bits per heavy atom. The second kappa shape index (κ2) is 12.3. The summed E-state index contributed by atoms with van der Waals surface area (Å²) in [4.78, 5) is 30.8. The van der Waals surface area contributed by atoms with Gasteiger partial charge in [-0.3, -0.25) is 0 Å². The monoisotopic (exact) mass is 629 g/mol. The number of nitrogens with zero attached hydrogens (tertiary/aromatic N) is 6. The first-order valence-corrected chi connectivity index (χ1v) is 13.5. The molecule has 0 radical (unpaired) electrons. The second-order valence-electron chi connectivity index (χ2n) is 8.70. The number of ether oxygens (including phenoxy) is 3. The summed E-state index contributed by atoms with van der Waals surface area (Å²) >= 11 is 2.11. The topological polar surface area (TPSA) is 114 Å². The molecule has 2 fully saturated rings. The number of hydrogen-bond donors (Lipinski definition) is 1. The van der Waals surface area contributed by atoms with Crippen LogP contribution in [-0.4, -0.2) is 73.6 Å². The van der Waals surface area contributed by atoms with Crippen LogP contribution in [0.5, 0.6) is 11.5 Å². The lowest BCUT2D eigenvalue weighted by molar-refractivity contribution is 0.0728. The lowest BCUT2D eigenvalue weighted by Crippen LogP contribution is -2.38. The van der Waals surface area contributed by atoms with E-state index in [0.29, 0.717) is 48.1 Å². The summed E-state index contributed by atoms with van der Waals surface area (Å²) in [5.74, 6) is 1.93. The Morgan fingerprint density at radius 2 is 1.71 bits per heavy atom. The molecule has 11 nitrogen and oxygen atoms in total. The third kappa shape index (κ3) is 6.30. The molecule has 2 saturated heterocycles. The quantitative estimate of drug-likeness (QED) is 0.130. The summed E-state index contributed by atoms with van der Waals surface area (Å²) in [6, 6.07) is 12.5. The van der Waals surface area contributed by atoms with Crippen molar-refractivity contribution in [3.63, 3.8) is 0 Å². The van der Waals surface area contributed by atoms with Gasteiger partial charge in [0.15, 0.2) is 11.5 Å². The summed E-state index contributed by atoms with van der Waals surface area (Å²) in [5, 5.41) is 4.34. The summed E-state index contributed by atoms with van der Waals surface area (Å²) < 4.78 is 17.3. The van der Waals surface area contributed by atoms with Gasteiger partial charge < -0.3 is 24.0 Å². The molecule has 0 spiro atoms. The number of carbonyl (C=O) groups excluding carboxylic acids is 1. The molecule has 5 rings (SSSR count). The number of methoxy groups -OCH3 is 1. The van der Waals surface area contributed by atoms with Crippen LogP contribution in [-0.2, 0) is 4.74 Å². The average molecular weight is 629 g/mol. The van der Waals surface area contributed by atoms with E-state index < -0.39 is 5.97 Å². The van der Waals surface area contributed by atoms with Crippen LogP contribution in [0.2, 0.25) is 0 Å². The largest absolute Gasteiger partial charge is 0.493 e. The number of nitrogens with one attached hydrogen (secondary N) is 1. The molecule has 2 aliphatic heterocycles. The number of morpholine rings is 1. The zero-order valence-electron chi connectivity index (χ0n) is 21.0. The molecule has 1 N–H and O–H groups in total. The van der Waals surface area contributed by atoms with Crippen LogP contribution in [0.15, 0.2) is 47.6 Å². The predicted octanol–water partition coefficient (Wildman–Crippen LogP) is 3.59. The molecular weight excluding hydrogens is 601 g/mol. The molecule has 0 aliphatic carbocycles. The van der Waals surface area contributed by atoms with Crippen molar-refractivity contribution >= 4 is 52.6 Å².